The van der Waals surface area contributed by atoms with Gasteiger partial charge in [-0.1, -0.05) is 0 Å². The van der Waals surface area contributed by atoms with Crippen LogP contribution in [-0.2, 0) is 13.5 Å². The van der Waals surface area contributed by atoms with Gasteiger partial charge in [-0.2, -0.15) is 5.10 Å². The summed E-state index contributed by atoms with van der Waals surface area (Å²) in [5, 5.41) is 3.98. The minimum absolute atomic E-state index is 0.0672. The number of imidazole rings is 1. The highest BCUT2D eigenvalue weighted by Crippen LogP contribution is 2.37. The van der Waals surface area contributed by atoms with Crippen LogP contribution in [0.3, 0.4) is 0 Å². The molecule has 35 heavy (non-hydrogen) atoms. The number of rotatable bonds is 4. The Hall–Kier alpha value is -4.42. The summed E-state index contributed by atoms with van der Waals surface area (Å²) >= 11 is 0. The fourth-order valence-electron chi connectivity index (χ4n) is 4.20. The molecule has 0 saturated heterocycles. The van der Waals surface area contributed by atoms with E-state index in [0.29, 0.717) is 23.3 Å². The number of fused-ring (bicyclic) bond motifs is 2. The molecule has 178 valence electrons. The minimum Gasteiger partial charge on any atom is -0.438 e. The first kappa shape index (κ1) is 21.1. The Kier molecular flexibility index (Phi) is 4.72. The fourth-order valence-corrected chi connectivity index (χ4v) is 4.20. The molecular weight excluding hydrogens is 467 g/mol. The van der Waals surface area contributed by atoms with Crippen molar-refractivity contribution in [3.8, 4) is 11.5 Å². The van der Waals surface area contributed by atoms with Gasteiger partial charge in [-0.25, -0.2) is 28.1 Å². The van der Waals surface area contributed by atoms with Crippen LogP contribution in [0, 0.1) is 5.82 Å². The first-order chi connectivity index (χ1) is 16.9. The highest BCUT2D eigenvalue weighted by Gasteiger charge is 2.41. The second-order valence-electron chi connectivity index (χ2n) is 8.02. The van der Waals surface area contributed by atoms with Gasteiger partial charge in [-0.3, -0.25) is 9.48 Å². The van der Waals surface area contributed by atoms with E-state index in [0.717, 1.165) is 5.69 Å². The predicted molar refractivity (Wildman–Crippen MR) is 113 cm³/mol. The summed E-state index contributed by atoms with van der Waals surface area (Å²) in [6.45, 7) is 0.136. The van der Waals surface area contributed by atoms with Crippen molar-refractivity contribution in [1.29, 1.82) is 0 Å². The van der Waals surface area contributed by atoms with Gasteiger partial charge in [0.2, 0.25) is 17.5 Å². The zero-order valence-corrected chi connectivity index (χ0v) is 18.1. The molecule has 0 spiro atoms. The highest BCUT2D eigenvalue weighted by molar-refractivity contribution is 5.93. The summed E-state index contributed by atoms with van der Waals surface area (Å²) in [6, 6.07) is 2.90. The summed E-state index contributed by atoms with van der Waals surface area (Å²) in [4.78, 5) is 30.5. The molecule has 5 aromatic rings. The molecule has 0 bridgehead atoms. The van der Waals surface area contributed by atoms with Crippen LogP contribution in [0.2, 0.25) is 0 Å². The zero-order chi connectivity index (χ0) is 24.3. The van der Waals surface area contributed by atoms with Crippen LogP contribution in [0.25, 0.3) is 22.6 Å². The van der Waals surface area contributed by atoms with Crippen molar-refractivity contribution in [2.45, 2.75) is 18.9 Å². The lowest BCUT2D eigenvalue weighted by atomic mass is 10.0. The van der Waals surface area contributed by atoms with E-state index in [1.165, 1.54) is 46.5 Å². The maximum Gasteiger partial charge on any atom is 0.292 e. The smallest absolute Gasteiger partial charge is 0.292 e. The van der Waals surface area contributed by atoms with Crippen molar-refractivity contribution < 1.29 is 26.8 Å². The van der Waals surface area contributed by atoms with Gasteiger partial charge in [0.15, 0.2) is 17.3 Å². The lowest BCUT2D eigenvalue weighted by Crippen LogP contribution is -2.41. The molecule has 0 unspecified atom stereocenters. The third kappa shape index (κ3) is 3.47. The van der Waals surface area contributed by atoms with Crippen LogP contribution in [0.1, 0.15) is 46.0 Å². The number of hydrogen-bond acceptors (Lipinski definition) is 7. The number of aromatic amines is 1. The third-order valence-electron chi connectivity index (χ3n) is 5.79. The number of halogens is 3. The fraction of sp³-hybridized carbons (Fsp3) is 0.227. The van der Waals surface area contributed by atoms with Gasteiger partial charge in [0.25, 0.3) is 12.3 Å². The molecule has 1 amide bonds. The molecule has 4 aromatic heterocycles. The summed E-state index contributed by atoms with van der Waals surface area (Å²) in [6.07, 6.45) is 1.73. The number of H-pyrrole nitrogens is 1. The number of nitrogens with zero attached hydrogens (tertiary/aromatic N) is 6. The molecule has 1 N–H and O–H groups in total. The van der Waals surface area contributed by atoms with E-state index in [4.69, 9.17) is 8.83 Å². The summed E-state index contributed by atoms with van der Waals surface area (Å²) in [5.74, 6) is -2.00. The summed E-state index contributed by atoms with van der Waals surface area (Å²) in [7, 11) is 1.65. The molecule has 1 atom stereocenters. The average molecular weight is 483 g/mol. The molecule has 5 heterocycles. The first-order valence-corrected chi connectivity index (χ1v) is 10.6. The largest absolute Gasteiger partial charge is 0.438 e. The van der Waals surface area contributed by atoms with Gasteiger partial charge in [0.1, 0.15) is 11.3 Å². The van der Waals surface area contributed by atoms with Crippen LogP contribution in [-0.4, -0.2) is 47.1 Å². The molecule has 1 aromatic carbocycles. The number of amides is 1. The molecule has 0 radical (unpaired) electrons. The van der Waals surface area contributed by atoms with Crippen molar-refractivity contribution in [1.82, 2.24) is 34.6 Å². The molecule has 0 saturated carbocycles. The number of alkyl halides is 2. The Labute approximate surface area is 194 Å². The van der Waals surface area contributed by atoms with E-state index in [1.807, 2.05) is 0 Å². The second kappa shape index (κ2) is 7.82. The number of carbonyl (C=O) groups excluding carboxylic acids is 1. The minimum atomic E-state index is -3.06. The van der Waals surface area contributed by atoms with E-state index >= 15 is 0 Å². The van der Waals surface area contributed by atoms with Gasteiger partial charge in [0, 0.05) is 38.0 Å². The van der Waals surface area contributed by atoms with E-state index < -0.39 is 35.6 Å². The van der Waals surface area contributed by atoms with Crippen LogP contribution in [0.4, 0.5) is 13.2 Å². The van der Waals surface area contributed by atoms with E-state index in [-0.39, 0.29) is 23.8 Å². The van der Waals surface area contributed by atoms with Crippen molar-refractivity contribution in [2.24, 2.45) is 7.05 Å². The number of carbonyl (C=O) groups is 1. The standard InChI is InChI=1S/C22H16F3N7O3/c1-31-8-10(7-28-31)20-30-16(19(24)25)18(35-20)22(33)32-5-4-12-15(27-9-26-12)17(32)21-29-13-6-11(23)2-3-14(13)34-21/h2-3,6-9,17,19H,4-5H2,1H3,(H,26,27)/t17-/m0/s1. The lowest BCUT2D eigenvalue weighted by Gasteiger charge is -2.32. The van der Waals surface area contributed by atoms with Crippen molar-refractivity contribution >= 4 is 17.0 Å². The predicted octanol–water partition coefficient (Wildman–Crippen LogP) is 3.80. The SMILES string of the molecule is Cn1cc(-c2nc(C(F)F)c(C(=O)N3CCc4[nH]cnc4[C@H]3c3nc4cc(F)ccc4o3)o2)cn1. The van der Waals surface area contributed by atoms with Gasteiger partial charge >= 0.3 is 0 Å². The maximum atomic E-state index is 13.9. The summed E-state index contributed by atoms with van der Waals surface area (Å²) < 4.78 is 54.3. The Morgan fingerprint density at radius 1 is 1.26 bits per heavy atom. The number of nitrogens with one attached hydrogen (secondary N) is 1. The maximum absolute atomic E-state index is 13.9. The van der Waals surface area contributed by atoms with Crippen LogP contribution in [0.15, 0.2) is 45.8 Å². The molecule has 13 heteroatoms. The molecule has 1 aliphatic heterocycles. The number of benzene rings is 1. The van der Waals surface area contributed by atoms with Crippen LogP contribution < -0.4 is 0 Å². The molecule has 1 aliphatic rings. The van der Waals surface area contributed by atoms with E-state index in [2.05, 4.69) is 25.0 Å². The Balaban J connectivity index is 1.45. The van der Waals surface area contributed by atoms with Crippen molar-refractivity contribution in [3.63, 3.8) is 0 Å². The molecule has 6 rings (SSSR count). The normalized spacial score (nSPS) is 15.8. The number of aryl methyl sites for hydroxylation is 1. The Morgan fingerprint density at radius 2 is 2.11 bits per heavy atom. The molecule has 10 nitrogen and oxygen atoms in total. The Bertz CT molecular complexity index is 1570. The van der Waals surface area contributed by atoms with Crippen molar-refractivity contribution in [3.05, 3.63) is 71.5 Å². The highest BCUT2D eigenvalue weighted by atomic mass is 19.3. The quantitative estimate of drug-likeness (QED) is 0.413. The molecular formula is C22H16F3N7O3. The first-order valence-electron chi connectivity index (χ1n) is 10.6. The summed E-state index contributed by atoms with van der Waals surface area (Å²) in [5.41, 5.74) is 1.32. The Morgan fingerprint density at radius 3 is 2.89 bits per heavy atom. The average Bonchev–Trinajstić information content (AvgIpc) is 3.62. The van der Waals surface area contributed by atoms with E-state index in [9.17, 15) is 18.0 Å². The van der Waals surface area contributed by atoms with Gasteiger partial charge in [0.05, 0.1) is 23.8 Å². The number of aromatic nitrogens is 6. The van der Waals surface area contributed by atoms with Gasteiger partial charge in [-0.15, -0.1) is 0 Å². The van der Waals surface area contributed by atoms with Gasteiger partial charge in [-0.05, 0) is 12.1 Å². The van der Waals surface area contributed by atoms with Gasteiger partial charge < -0.3 is 18.7 Å². The van der Waals surface area contributed by atoms with Crippen molar-refractivity contribution in [2.75, 3.05) is 6.54 Å². The third-order valence-corrected chi connectivity index (χ3v) is 5.79. The molecule has 0 aliphatic carbocycles. The second-order valence-corrected chi connectivity index (χ2v) is 8.02. The molecule has 0 fully saturated rings. The number of hydrogen-bond donors (Lipinski definition) is 1. The van der Waals surface area contributed by atoms with E-state index in [1.54, 1.807) is 7.05 Å². The zero-order valence-electron chi connectivity index (χ0n) is 18.1. The van der Waals surface area contributed by atoms with Crippen LogP contribution in [0.5, 0.6) is 0 Å². The monoisotopic (exact) mass is 483 g/mol. The van der Waals surface area contributed by atoms with Crippen LogP contribution >= 0.6 is 0 Å². The lowest BCUT2D eigenvalue weighted by molar-refractivity contribution is 0.0621. The number of oxazole rings is 2. The topological polar surface area (TPSA) is 119 Å².